The van der Waals surface area contributed by atoms with Crippen molar-refractivity contribution in [1.82, 2.24) is 13.9 Å². The summed E-state index contributed by atoms with van der Waals surface area (Å²) in [7, 11) is -3.55. The minimum atomic E-state index is -3.55. The number of amides is 1. The van der Waals surface area contributed by atoms with Crippen molar-refractivity contribution >= 4 is 32.7 Å². The van der Waals surface area contributed by atoms with Gasteiger partial charge in [-0.15, -0.1) is 0 Å². The van der Waals surface area contributed by atoms with Gasteiger partial charge in [0.2, 0.25) is 15.9 Å². The minimum absolute atomic E-state index is 0.0752. The largest absolute Gasteiger partial charge is 0.328 e. The average molecular weight is 443 g/mol. The van der Waals surface area contributed by atoms with Gasteiger partial charge in [-0.1, -0.05) is 32.0 Å². The predicted molar refractivity (Wildman–Crippen MR) is 124 cm³/mol. The Kier molecular flexibility index (Phi) is 7.12. The van der Waals surface area contributed by atoms with Crippen molar-refractivity contribution in [2.45, 2.75) is 52.0 Å². The Balaban J connectivity index is 1.83. The standard InChI is InChI=1S/C23H30N4O3S/c1-5-26(6-2)31(29,30)18-12-13-21-20(16-18)24-22(27(21)7-3)14-15-23(28)25-19-11-9-8-10-17(19)4/h8-13,16H,5-7,14-15H2,1-4H3,(H,25,28). The van der Waals surface area contributed by atoms with Crippen LogP contribution in [0.1, 0.15) is 38.6 Å². The van der Waals surface area contributed by atoms with E-state index in [1.54, 1.807) is 18.2 Å². The molecule has 7 nitrogen and oxygen atoms in total. The van der Waals surface area contributed by atoms with Crippen LogP contribution in [0, 0.1) is 6.92 Å². The fourth-order valence-electron chi connectivity index (χ4n) is 3.73. The molecule has 166 valence electrons. The molecule has 0 saturated heterocycles. The molecule has 0 bridgehead atoms. The number of benzene rings is 2. The van der Waals surface area contributed by atoms with Gasteiger partial charge in [-0.3, -0.25) is 4.79 Å². The normalized spacial score (nSPS) is 11.9. The number of aromatic nitrogens is 2. The number of fused-ring (bicyclic) bond motifs is 1. The molecule has 1 aromatic heterocycles. The summed E-state index contributed by atoms with van der Waals surface area (Å²) in [6, 6.07) is 12.7. The van der Waals surface area contributed by atoms with Crippen molar-refractivity contribution in [2.24, 2.45) is 0 Å². The fraction of sp³-hybridized carbons (Fsp3) is 0.391. The van der Waals surface area contributed by atoms with E-state index >= 15 is 0 Å². The lowest BCUT2D eigenvalue weighted by atomic mass is 10.2. The van der Waals surface area contributed by atoms with Crippen LogP contribution in [0.4, 0.5) is 5.69 Å². The van der Waals surface area contributed by atoms with E-state index in [-0.39, 0.29) is 10.8 Å². The highest BCUT2D eigenvalue weighted by Gasteiger charge is 2.23. The van der Waals surface area contributed by atoms with Crippen molar-refractivity contribution in [2.75, 3.05) is 18.4 Å². The summed E-state index contributed by atoms with van der Waals surface area (Å²) in [6.45, 7) is 9.14. The number of nitrogens with one attached hydrogen (secondary N) is 1. The lowest BCUT2D eigenvalue weighted by Crippen LogP contribution is -2.30. The van der Waals surface area contributed by atoms with Gasteiger partial charge in [0.15, 0.2) is 0 Å². The number of nitrogens with zero attached hydrogens (tertiary/aromatic N) is 3. The van der Waals surface area contributed by atoms with Gasteiger partial charge in [-0.05, 0) is 43.7 Å². The smallest absolute Gasteiger partial charge is 0.243 e. The number of aryl methyl sites for hydroxylation is 3. The lowest BCUT2D eigenvalue weighted by Gasteiger charge is -2.18. The predicted octanol–water partition coefficient (Wildman–Crippen LogP) is 3.97. The molecule has 0 aliphatic rings. The molecule has 0 aliphatic heterocycles. The molecule has 1 heterocycles. The number of hydrogen-bond acceptors (Lipinski definition) is 4. The van der Waals surface area contributed by atoms with Crippen LogP contribution in [0.5, 0.6) is 0 Å². The number of sulfonamides is 1. The molecule has 0 unspecified atom stereocenters. The summed E-state index contributed by atoms with van der Waals surface area (Å²) in [4.78, 5) is 17.4. The first kappa shape index (κ1) is 23.0. The van der Waals surface area contributed by atoms with E-state index in [0.29, 0.717) is 38.0 Å². The number of hydrogen-bond donors (Lipinski definition) is 1. The van der Waals surface area contributed by atoms with Gasteiger partial charge < -0.3 is 9.88 Å². The third-order valence-electron chi connectivity index (χ3n) is 5.45. The maximum atomic E-state index is 12.9. The summed E-state index contributed by atoms with van der Waals surface area (Å²) in [5.41, 5.74) is 3.32. The van der Waals surface area contributed by atoms with E-state index in [1.807, 2.05) is 56.5 Å². The molecular weight excluding hydrogens is 412 g/mol. The number of para-hydroxylation sites is 1. The van der Waals surface area contributed by atoms with Crippen LogP contribution in [-0.4, -0.2) is 41.3 Å². The number of anilines is 1. The third-order valence-corrected chi connectivity index (χ3v) is 7.50. The van der Waals surface area contributed by atoms with Crippen LogP contribution in [0.15, 0.2) is 47.4 Å². The Morgan fingerprint density at radius 2 is 1.81 bits per heavy atom. The first-order valence-electron chi connectivity index (χ1n) is 10.7. The first-order valence-corrected chi connectivity index (χ1v) is 12.1. The molecule has 0 spiro atoms. The maximum Gasteiger partial charge on any atom is 0.243 e. The third kappa shape index (κ3) is 4.80. The molecule has 0 fully saturated rings. The summed E-state index contributed by atoms with van der Waals surface area (Å²) in [5, 5.41) is 2.95. The second-order valence-electron chi connectivity index (χ2n) is 7.38. The number of carbonyl (C=O) groups excluding carboxylic acids is 1. The molecule has 0 aliphatic carbocycles. The highest BCUT2D eigenvalue weighted by molar-refractivity contribution is 7.89. The summed E-state index contributed by atoms with van der Waals surface area (Å²) in [6.07, 6.45) is 0.765. The number of carbonyl (C=O) groups is 1. The maximum absolute atomic E-state index is 12.9. The van der Waals surface area contributed by atoms with Gasteiger partial charge in [0.05, 0.1) is 15.9 Å². The van der Waals surface area contributed by atoms with Crippen molar-refractivity contribution < 1.29 is 13.2 Å². The Morgan fingerprint density at radius 3 is 2.45 bits per heavy atom. The minimum Gasteiger partial charge on any atom is -0.328 e. The topological polar surface area (TPSA) is 84.3 Å². The molecular formula is C23H30N4O3S. The van der Waals surface area contributed by atoms with E-state index in [4.69, 9.17) is 0 Å². The zero-order valence-corrected chi connectivity index (χ0v) is 19.4. The Bertz CT molecular complexity index is 1180. The zero-order valence-electron chi connectivity index (χ0n) is 18.6. The van der Waals surface area contributed by atoms with Gasteiger partial charge in [0.25, 0.3) is 0 Å². The van der Waals surface area contributed by atoms with Crippen LogP contribution in [0.25, 0.3) is 11.0 Å². The second kappa shape index (κ2) is 9.62. The molecule has 1 N–H and O–H groups in total. The van der Waals surface area contributed by atoms with Gasteiger partial charge in [0.1, 0.15) is 5.82 Å². The Morgan fingerprint density at radius 1 is 1.10 bits per heavy atom. The average Bonchev–Trinajstić information content (AvgIpc) is 3.11. The summed E-state index contributed by atoms with van der Waals surface area (Å²) in [5.74, 6) is 0.698. The second-order valence-corrected chi connectivity index (χ2v) is 9.31. The molecule has 0 atom stereocenters. The van der Waals surface area contributed by atoms with Crippen LogP contribution in [0.2, 0.25) is 0 Å². The monoisotopic (exact) mass is 442 g/mol. The van der Waals surface area contributed by atoms with Crippen LogP contribution >= 0.6 is 0 Å². The van der Waals surface area contributed by atoms with Gasteiger partial charge in [0, 0.05) is 38.2 Å². The van der Waals surface area contributed by atoms with Crippen molar-refractivity contribution in [3.05, 3.63) is 53.9 Å². The molecule has 8 heteroatoms. The van der Waals surface area contributed by atoms with Crippen molar-refractivity contribution in [3.8, 4) is 0 Å². The van der Waals surface area contributed by atoms with E-state index < -0.39 is 10.0 Å². The quantitative estimate of drug-likeness (QED) is 0.543. The van der Waals surface area contributed by atoms with E-state index in [1.165, 1.54) is 4.31 Å². The fourth-order valence-corrected chi connectivity index (χ4v) is 5.21. The summed E-state index contributed by atoms with van der Waals surface area (Å²) >= 11 is 0. The van der Waals surface area contributed by atoms with Crippen LogP contribution in [-0.2, 0) is 27.8 Å². The SMILES string of the molecule is CCN(CC)S(=O)(=O)c1ccc2c(c1)nc(CCC(=O)Nc1ccccc1C)n2CC. The van der Waals surface area contributed by atoms with E-state index in [9.17, 15) is 13.2 Å². The summed E-state index contributed by atoms with van der Waals surface area (Å²) < 4.78 is 29.2. The van der Waals surface area contributed by atoms with Crippen molar-refractivity contribution in [1.29, 1.82) is 0 Å². The first-order chi connectivity index (χ1) is 14.8. The van der Waals surface area contributed by atoms with E-state index in [0.717, 1.165) is 22.6 Å². The zero-order chi connectivity index (χ0) is 22.6. The highest BCUT2D eigenvalue weighted by atomic mass is 32.2. The van der Waals surface area contributed by atoms with Crippen LogP contribution in [0.3, 0.4) is 0 Å². The molecule has 0 radical (unpaired) electrons. The Hall–Kier alpha value is -2.71. The van der Waals surface area contributed by atoms with Gasteiger partial charge in [-0.2, -0.15) is 4.31 Å². The molecule has 3 rings (SSSR count). The molecule has 1 amide bonds. The van der Waals surface area contributed by atoms with Gasteiger partial charge >= 0.3 is 0 Å². The molecule has 3 aromatic rings. The van der Waals surface area contributed by atoms with Crippen molar-refractivity contribution in [3.63, 3.8) is 0 Å². The van der Waals surface area contributed by atoms with E-state index in [2.05, 4.69) is 10.3 Å². The highest BCUT2D eigenvalue weighted by Crippen LogP contribution is 2.24. The lowest BCUT2D eigenvalue weighted by molar-refractivity contribution is -0.116. The number of rotatable bonds is 9. The molecule has 2 aromatic carbocycles. The Labute approximate surface area is 184 Å². The molecule has 31 heavy (non-hydrogen) atoms. The van der Waals surface area contributed by atoms with Gasteiger partial charge in [-0.25, -0.2) is 13.4 Å². The van der Waals surface area contributed by atoms with Crippen LogP contribution < -0.4 is 5.32 Å². The molecule has 0 saturated carbocycles. The number of imidazole rings is 1.